The van der Waals surface area contributed by atoms with Crippen molar-refractivity contribution in [2.24, 2.45) is 0 Å². The Morgan fingerprint density at radius 1 is 1.59 bits per heavy atom. The zero-order valence-electron chi connectivity index (χ0n) is 9.82. The van der Waals surface area contributed by atoms with Crippen LogP contribution in [0.3, 0.4) is 0 Å². The topological polar surface area (TPSA) is 40.5 Å². The Hall–Kier alpha value is -1.48. The number of para-hydroxylation sites is 1. The lowest BCUT2D eigenvalue weighted by molar-refractivity contribution is 0.0697. The van der Waals surface area contributed by atoms with Gasteiger partial charge in [0.25, 0.3) is 0 Å². The van der Waals surface area contributed by atoms with E-state index < -0.39 is 5.97 Å². The third kappa shape index (κ3) is 3.24. The molecule has 17 heavy (non-hydrogen) atoms. The number of benzene rings is 1. The van der Waals surface area contributed by atoms with E-state index in [9.17, 15) is 4.79 Å². The monoisotopic (exact) mass is 253 g/mol. The smallest absolute Gasteiger partial charge is 0.337 e. The van der Waals surface area contributed by atoms with Gasteiger partial charge in [0.05, 0.1) is 16.3 Å². The van der Waals surface area contributed by atoms with Gasteiger partial charge in [0.2, 0.25) is 0 Å². The van der Waals surface area contributed by atoms with Crippen LogP contribution in [0.15, 0.2) is 30.9 Å². The van der Waals surface area contributed by atoms with E-state index in [0.29, 0.717) is 17.3 Å². The molecular weight excluding hydrogens is 238 g/mol. The van der Waals surface area contributed by atoms with E-state index in [-0.39, 0.29) is 5.56 Å². The van der Waals surface area contributed by atoms with Gasteiger partial charge in [-0.1, -0.05) is 30.7 Å². The van der Waals surface area contributed by atoms with Gasteiger partial charge in [-0.3, -0.25) is 0 Å². The van der Waals surface area contributed by atoms with Gasteiger partial charge in [0.1, 0.15) is 0 Å². The molecule has 0 atom stereocenters. The first kappa shape index (κ1) is 13.6. The SMILES string of the molecule is C=CCN(CCC)c1c(Cl)cccc1C(=O)O. The van der Waals surface area contributed by atoms with Gasteiger partial charge >= 0.3 is 5.97 Å². The number of anilines is 1. The molecule has 0 aliphatic rings. The first-order valence-electron chi connectivity index (χ1n) is 5.49. The summed E-state index contributed by atoms with van der Waals surface area (Å²) >= 11 is 6.10. The van der Waals surface area contributed by atoms with Crippen LogP contribution < -0.4 is 4.90 Å². The number of carboxylic acids is 1. The molecule has 0 fully saturated rings. The number of halogens is 1. The predicted molar refractivity (Wildman–Crippen MR) is 71.1 cm³/mol. The van der Waals surface area contributed by atoms with E-state index in [1.165, 1.54) is 0 Å². The zero-order chi connectivity index (χ0) is 12.8. The van der Waals surface area contributed by atoms with E-state index in [4.69, 9.17) is 16.7 Å². The van der Waals surface area contributed by atoms with Gasteiger partial charge in [0.15, 0.2) is 0 Å². The second kappa shape index (κ2) is 6.30. The molecule has 92 valence electrons. The summed E-state index contributed by atoms with van der Waals surface area (Å²) in [5.74, 6) is -0.965. The van der Waals surface area contributed by atoms with E-state index in [0.717, 1.165) is 13.0 Å². The van der Waals surface area contributed by atoms with Crippen molar-refractivity contribution >= 4 is 23.3 Å². The molecule has 1 aromatic carbocycles. The summed E-state index contributed by atoms with van der Waals surface area (Å²) in [6, 6.07) is 4.91. The summed E-state index contributed by atoms with van der Waals surface area (Å²) < 4.78 is 0. The molecule has 0 bridgehead atoms. The van der Waals surface area contributed by atoms with Crippen molar-refractivity contribution in [3.63, 3.8) is 0 Å². The molecule has 1 rings (SSSR count). The molecule has 4 heteroatoms. The molecule has 0 saturated carbocycles. The lowest BCUT2D eigenvalue weighted by atomic mass is 10.1. The molecule has 0 amide bonds. The molecular formula is C13H16ClNO2. The molecule has 0 aromatic heterocycles. The minimum Gasteiger partial charge on any atom is -0.478 e. The lowest BCUT2D eigenvalue weighted by Crippen LogP contribution is -2.26. The average Bonchev–Trinajstić information content (AvgIpc) is 2.28. The van der Waals surface area contributed by atoms with E-state index in [1.807, 2.05) is 11.8 Å². The minimum absolute atomic E-state index is 0.229. The van der Waals surface area contributed by atoms with Crippen molar-refractivity contribution in [3.05, 3.63) is 41.4 Å². The van der Waals surface area contributed by atoms with E-state index in [2.05, 4.69) is 6.58 Å². The molecule has 0 spiro atoms. The van der Waals surface area contributed by atoms with Crippen molar-refractivity contribution in [1.29, 1.82) is 0 Å². The number of hydrogen-bond acceptors (Lipinski definition) is 2. The quantitative estimate of drug-likeness (QED) is 0.790. The van der Waals surface area contributed by atoms with Gasteiger partial charge < -0.3 is 10.0 Å². The Kier molecular flexibility index (Phi) is 5.04. The Morgan fingerprint density at radius 3 is 2.82 bits per heavy atom. The van der Waals surface area contributed by atoms with Crippen LogP contribution in [0.5, 0.6) is 0 Å². The van der Waals surface area contributed by atoms with Crippen LogP contribution >= 0.6 is 11.6 Å². The number of carboxylic acid groups (broad SMARTS) is 1. The van der Waals surface area contributed by atoms with Crippen LogP contribution in [0, 0.1) is 0 Å². The highest BCUT2D eigenvalue weighted by molar-refractivity contribution is 6.34. The van der Waals surface area contributed by atoms with Crippen LogP contribution in [0.2, 0.25) is 5.02 Å². The lowest BCUT2D eigenvalue weighted by Gasteiger charge is -2.25. The Balaban J connectivity index is 3.23. The van der Waals surface area contributed by atoms with Gasteiger partial charge in [-0.2, -0.15) is 0 Å². The highest BCUT2D eigenvalue weighted by Crippen LogP contribution is 2.30. The molecule has 0 heterocycles. The van der Waals surface area contributed by atoms with Gasteiger partial charge in [0, 0.05) is 13.1 Å². The summed E-state index contributed by atoms with van der Waals surface area (Å²) in [7, 11) is 0. The molecule has 1 N–H and O–H groups in total. The van der Waals surface area contributed by atoms with Crippen LogP contribution in [0.1, 0.15) is 23.7 Å². The van der Waals surface area contributed by atoms with Crippen molar-refractivity contribution in [3.8, 4) is 0 Å². The summed E-state index contributed by atoms with van der Waals surface area (Å²) in [4.78, 5) is 13.1. The zero-order valence-corrected chi connectivity index (χ0v) is 10.6. The molecule has 0 aliphatic heterocycles. The molecule has 0 unspecified atom stereocenters. The second-order valence-corrected chi connectivity index (χ2v) is 4.08. The van der Waals surface area contributed by atoms with Crippen LogP contribution in [-0.4, -0.2) is 24.2 Å². The third-order valence-electron chi connectivity index (χ3n) is 2.38. The number of rotatable bonds is 6. The van der Waals surface area contributed by atoms with Gasteiger partial charge in [-0.25, -0.2) is 4.79 Å². The summed E-state index contributed by atoms with van der Waals surface area (Å²) in [6.45, 7) is 7.04. The highest BCUT2D eigenvalue weighted by atomic mass is 35.5. The van der Waals surface area contributed by atoms with E-state index in [1.54, 1.807) is 24.3 Å². The Labute approximate surface area is 106 Å². The molecule has 3 nitrogen and oxygen atoms in total. The van der Waals surface area contributed by atoms with Crippen molar-refractivity contribution in [1.82, 2.24) is 0 Å². The van der Waals surface area contributed by atoms with Gasteiger partial charge in [-0.05, 0) is 18.6 Å². The number of nitrogens with zero attached hydrogens (tertiary/aromatic N) is 1. The van der Waals surface area contributed by atoms with Crippen LogP contribution in [0.4, 0.5) is 5.69 Å². The number of hydrogen-bond donors (Lipinski definition) is 1. The summed E-state index contributed by atoms with van der Waals surface area (Å²) in [5.41, 5.74) is 0.802. The maximum atomic E-state index is 11.2. The summed E-state index contributed by atoms with van der Waals surface area (Å²) in [5, 5.41) is 9.62. The fourth-order valence-electron chi connectivity index (χ4n) is 1.73. The fraction of sp³-hybridized carbons (Fsp3) is 0.308. The minimum atomic E-state index is -0.965. The maximum Gasteiger partial charge on any atom is 0.337 e. The molecule has 0 radical (unpaired) electrons. The second-order valence-electron chi connectivity index (χ2n) is 3.68. The Bertz CT molecular complexity index is 418. The third-order valence-corrected chi connectivity index (χ3v) is 2.68. The standard InChI is InChI=1S/C13H16ClNO2/c1-3-8-15(9-4-2)12-10(13(16)17)6-5-7-11(12)14/h3,5-7H,1,4,8-9H2,2H3,(H,16,17). The van der Waals surface area contributed by atoms with Gasteiger partial charge in [-0.15, -0.1) is 6.58 Å². The number of aromatic carboxylic acids is 1. The molecule has 0 aliphatic carbocycles. The van der Waals surface area contributed by atoms with Crippen molar-refractivity contribution < 1.29 is 9.90 Å². The largest absolute Gasteiger partial charge is 0.478 e. The highest BCUT2D eigenvalue weighted by Gasteiger charge is 2.17. The normalized spacial score (nSPS) is 10.0. The van der Waals surface area contributed by atoms with Crippen molar-refractivity contribution in [2.75, 3.05) is 18.0 Å². The fourth-order valence-corrected chi connectivity index (χ4v) is 2.02. The predicted octanol–water partition coefficient (Wildman–Crippen LogP) is 3.44. The van der Waals surface area contributed by atoms with Crippen LogP contribution in [0.25, 0.3) is 0 Å². The maximum absolute atomic E-state index is 11.2. The van der Waals surface area contributed by atoms with E-state index >= 15 is 0 Å². The van der Waals surface area contributed by atoms with Crippen molar-refractivity contribution in [2.45, 2.75) is 13.3 Å². The molecule has 0 saturated heterocycles. The summed E-state index contributed by atoms with van der Waals surface area (Å²) in [6.07, 6.45) is 2.66. The first-order chi connectivity index (χ1) is 8.11. The molecule has 1 aromatic rings. The Morgan fingerprint density at radius 2 is 2.29 bits per heavy atom. The first-order valence-corrected chi connectivity index (χ1v) is 5.87. The van der Waals surface area contributed by atoms with Crippen LogP contribution in [-0.2, 0) is 0 Å². The number of carbonyl (C=O) groups is 1. The average molecular weight is 254 g/mol.